The van der Waals surface area contributed by atoms with Crippen LogP contribution < -0.4 is 10.5 Å². The minimum atomic E-state index is -4.35. The van der Waals surface area contributed by atoms with Gasteiger partial charge in [0.25, 0.3) is 5.91 Å². The highest BCUT2D eigenvalue weighted by Crippen LogP contribution is 2.48. The Balaban J connectivity index is 1.79. The highest BCUT2D eigenvalue weighted by atomic mass is 127. The van der Waals surface area contributed by atoms with Crippen molar-refractivity contribution >= 4 is 28.5 Å². The van der Waals surface area contributed by atoms with E-state index in [-0.39, 0.29) is 31.1 Å². The fraction of sp³-hybridized carbons (Fsp3) is 0.444. The molecule has 2 aromatic rings. The van der Waals surface area contributed by atoms with Gasteiger partial charge in [0.2, 0.25) is 0 Å². The number of fused-ring (bicyclic) bond motifs is 2. The second-order valence-corrected chi connectivity index (χ2v) is 7.98. The monoisotopic (exact) mass is 491 g/mol. The summed E-state index contributed by atoms with van der Waals surface area (Å²) in [7, 11) is 0. The number of ether oxygens (including phenoxy) is 1. The average Bonchev–Trinajstić information content (AvgIpc) is 2.97. The van der Waals surface area contributed by atoms with Gasteiger partial charge in [-0.05, 0) is 47.1 Å². The molecule has 1 amide bonds. The third kappa shape index (κ3) is 3.19. The van der Waals surface area contributed by atoms with Crippen LogP contribution in [0.25, 0.3) is 0 Å². The van der Waals surface area contributed by atoms with Crippen LogP contribution in [-0.2, 0) is 12.8 Å². The second kappa shape index (κ2) is 6.68. The van der Waals surface area contributed by atoms with Gasteiger partial charge < -0.3 is 15.0 Å². The smallest absolute Gasteiger partial charge is 0.393 e. The minimum Gasteiger partial charge on any atom is -0.493 e. The van der Waals surface area contributed by atoms with Crippen LogP contribution in [0.15, 0.2) is 24.3 Å². The van der Waals surface area contributed by atoms with E-state index < -0.39 is 24.0 Å². The first kappa shape index (κ1) is 18.6. The van der Waals surface area contributed by atoms with Crippen LogP contribution in [-0.4, -0.2) is 28.2 Å². The molecule has 0 bridgehead atoms. The number of aromatic nitrogens is 2. The van der Waals surface area contributed by atoms with Gasteiger partial charge in [-0.3, -0.25) is 4.79 Å². The first-order valence-corrected chi connectivity index (χ1v) is 9.69. The molecule has 144 valence electrons. The van der Waals surface area contributed by atoms with E-state index in [9.17, 15) is 18.0 Å². The molecule has 3 heterocycles. The maximum absolute atomic E-state index is 13.9. The highest BCUT2D eigenvalue weighted by molar-refractivity contribution is 14.1. The van der Waals surface area contributed by atoms with E-state index >= 15 is 0 Å². The Labute approximate surface area is 167 Å². The molecule has 4 rings (SSSR count). The lowest BCUT2D eigenvalue weighted by molar-refractivity contribution is -0.197. The van der Waals surface area contributed by atoms with E-state index in [1.54, 1.807) is 4.57 Å². The number of carbonyl (C=O) groups excluding carboxylic acids is 1. The zero-order valence-corrected chi connectivity index (χ0v) is 16.3. The topological polar surface area (TPSA) is 70.1 Å². The van der Waals surface area contributed by atoms with Crippen LogP contribution in [0, 0.1) is 15.5 Å². The molecule has 0 saturated heterocycles. The number of hydrogen-bond donors (Lipinski definition) is 1. The van der Waals surface area contributed by atoms with Gasteiger partial charge in [0.05, 0.1) is 18.6 Å². The fourth-order valence-corrected chi connectivity index (χ4v) is 5.18. The normalized spacial score (nSPS) is 24.7. The lowest BCUT2D eigenvalue weighted by Crippen LogP contribution is -2.44. The van der Waals surface area contributed by atoms with Crippen molar-refractivity contribution in [3.63, 3.8) is 0 Å². The van der Waals surface area contributed by atoms with Crippen LogP contribution in [0.3, 0.4) is 0 Å². The number of nitrogens with two attached hydrogens (primary N) is 1. The molecular weight excluding hydrogens is 474 g/mol. The SMILES string of the molecule is NC(=O)c1nc2n(c1I)C([C@@H]1COc3ccccc3C1)C(C(F)(F)F)CC2. The molecule has 1 aromatic heterocycles. The van der Waals surface area contributed by atoms with Crippen LogP contribution in [0.5, 0.6) is 5.75 Å². The molecule has 0 spiro atoms. The lowest BCUT2D eigenvalue weighted by Gasteiger charge is -2.41. The molecule has 0 radical (unpaired) electrons. The molecule has 5 nitrogen and oxygen atoms in total. The number of imidazole rings is 1. The van der Waals surface area contributed by atoms with E-state index in [2.05, 4.69) is 4.98 Å². The van der Waals surface area contributed by atoms with Gasteiger partial charge in [0.1, 0.15) is 15.3 Å². The van der Waals surface area contributed by atoms with Crippen LogP contribution in [0.2, 0.25) is 0 Å². The maximum Gasteiger partial charge on any atom is 0.393 e. The molecule has 2 N–H and O–H groups in total. The zero-order valence-electron chi connectivity index (χ0n) is 14.2. The molecule has 0 saturated carbocycles. The van der Waals surface area contributed by atoms with Gasteiger partial charge in [-0.15, -0.1) is 0 Å². The Bertz CT molecular complexity index is 896. The van der Waals surface area contributed by atoms with Crippen molar-refractivity contribution in [2.45, 2.75) is 31.5 Å². The number of nitrogens with zero attached hydrogens (tertiary/aromatic N) is 2. The molecule has 9 heteroatoms. The summed E-state index contributed by atoms with van der Waals surface area (Å²) in [4.78, 5) is 15.9. The summed E-state index contributed by atoms with van der Waals surface area (Å²) >= 11 is 1.88. The Morgan fingerprint density at radius 1 is 1.33 bits per heavy atom. The molecule has 0 aliphatic carbocycles. The number of halogens is 4. The highest BCUT2D eigenvalue weighted by Gasteiger charge is 2.51. The number of primary amides is 1. The molecule has 1 aromatic carbocycles. The molecule has 3 atom stereocenters. The predicted octanol–water partition coefficient (Wildman–Crippen LogP) is 3.50. The second-order valence-electron chi connectivity index (χ2n) is 6.96. The summed E-state index contributed by atoms with van der Waals surface area (Å²) < 4.78 is 49.3. The van der Waals surface area contributed by atoms with Gasteiger partial charge in [-0.25, -0.2) is 4.98 Å². The van der Waals surface area contributed by atoms with Crippen LogP contribution in [0.1, 0.15) is 34.3 Å². The van der Waals surface area contributed by atoms with E-state index in [1.807, 2.05) is 46.9 Å². The summed E-state index contributed by atoms with van der Waals surface area (Å²) in [5, 5.41) is 0. The Morgan fingerprint density at radius 2 is 2.07 bits per heavy atom. The van der Waals surface area contributed by atoms with Gasteiger partial charge in [0, 0.05) is 12.3 Å². The third-order valence-electron chi connectivity index (χ3n) is 5.36. The maximum atomic E-state index is 13.9. The van der Waals surface area contributed by atoms with Gasteiger partial charge in [-0.2, -0.15) is 13.2 Å². The van der Waals surface area contributed by atoms with E-state index in [4.69, 9.17) is 10.5 Å². The standard InChI is InChI=1S/C18H17F3IN3O2/c19-18(20,21)11-5-6-13-24-14(17(23)26)16(22)25(13)15(11)10-7-9-3-1-2-4-12(9)27-8-10/h1-4,10-11,15H,5-8H2,(H2,23,26)/t10-,11?,15?/m0/s1. The van der Waals surface area contributed by atoms with Crippen molar-refractivity contribution in [1.29, 1.82) is 0 Å². The lowest BCUT2D eigenvalue weighted by atomic mass is 9.79. The average molecular weight is 491 g/mol. The number of aryl methyl sites for hydroxylation is 1. The van der Waals surface area contributed by atoms with Crippen molar-refractivity contribution in [2.24, 2.45) is 17.6 Å². The molecule has 2 aliphatic heterocycles. The summed E-state index contributed by atoms with van der Waals surface area (Å²) in [5.74, 6) is -1.43. The van der Waals surface area contributed by atoms with E-state index in [0.29, 0.717) is 21.7 Å². The molecule has 27 heavy (non-hydrogen) atoms. The Morgan fingerprint density at radius 3 is 2.78 bits per heavy atom. The van der Waals surface area contributed by atoms with Crippen LogP contribution in [0.4, 0.5) is 13.2 Å². The zero-order chi connectivity index (χ0) is 19.3. The van der Waals surface area contributed by atoms with Crippen molar-refractivity contribution in [3.8, 4) is 5.75 Å². The number of para-hydroxylation sites is 1. The Hall–Kier alpha value is -1.78. The largest absolute Gasteiger partial charge is 0.493 e. The number of hydrogen-bond acceptors (Lipinski definition) is 3. The van der Waals surface area contributed by atoms with E-state index in [0.717, 1.165) is 5.56 Å². The van der Waals surface area contributed by atoms with Gasteiger partial charge in [-0.1, -0.05) is 18.2 Å². The first-order valence-electron chi connectivity index (χ1n) is 8.61. The van der Waals surface area contributed by atoms with Gasteiger partial charge >= 0.3 is 6.18 Å². The number of rotatable bonds is 2. The quantitative estimate of drug-likeness (QED) is 0.655. The van der Waals surface area contributed by atoms with Crippen molar-refractivity contribution in [3.05, 3.63) is 45.0 Å². The van der Waals surface area contributed by atoms with Crippen LogP contribution >= 0.6 is 22.6 Å². The summed E-state index contributed by atoms with van der Waals surface area (Å²) in [6, 6.07) is 6.51. The Kier molecular flexibility index (Phi) is 4.59. The van der Waals surface area contributed by atoms with E-state index in [1.165, 1.54) is 0 Å². The van der Waals surface area contributed by atoms with Crippen molar-refractivity contribution in [2.75, 3.05) is 6.61 Å². The van der Waals surface area contributed by atoms with Crippen molar-refractivity contribution in [1.82, 2.24) is 9.55 Å². The number of benzene rings is 1. The molecule has 0 fully saturated rings. The third-order valence-corrected chi connectivity index (χ3v) is 6.39. The number of alkyl halides is 3. The predicted molar refractivity (Wildman–Crippen MR) is 99.5 cm³/mol. The number of carbonyl (C=O) groups is 1. The first-order chi connectivity index (χ1) is 12.8. The number of amides is 1. The van der Waals surface area contributed by atoms with Gasteiger partial charge in [0.15, 0.2) is 5.69 Å². The summed E-state index contributed by atoms with van der Waals surface area (Å²) in [5.41, 5.74) is 6.30. The van der Waals surface area contributed by atoms with Crippen molar-refractivity contribution < 1.29 is 22.7 Å². The summed E-state index contributed by atoms with van der Waals surface area (Å²) in [6.45, 7) is 0.188. The fourth-order valence-electron chi connectivity index (χ4n) is 4.20. The minimum absolute atomic E-state index is 0.0375. The molecule has 2 unspecified atom stereocenters. The molecule has 2 aliphatic rings. The summed E-state index contributed by atoms with van der Waals surface area (Å²) in [6.07, 6.45) is -3.77. The molecular formula is C18H17F3IN3O2.